The van der Waals surface area contributed by atoms with E-state index in [1.54, 1.807) is 30.0 Å². The average molecular weight is 320 g/mol. The van der Waals surface area contributed by atoms with Crippen LogP contribution in [0.2, 0.25) is 0 Å². The minimum absolute atomic E-state index is 0.0478. The van der Waals surface area contributed by atoms with Crippen molar-refractivity contribution >= 4 is 23.2 Å². The SMILES string of the molecule is C=CCCC(NC(=O)Cc1csc(-c2ccoc2)n1)C(=O)O. The first-order valence-corrected chi connectivity index (χ1v) is 7.58. The van der Waals surface area contributed by atoms with E-state index >= 15 is 0 Å². The smallest absolute Gasteiger partial charge is 0.326 e. The van der Waals surface area contributed by atoms with Gasteiger partial charge >= 0.3 is 5.97 Å². The normalized spacial score (nSPS) is 11.8. The monoisotopic (exact) mass is 320 g/mol. The standard InChI is InChI=1S/C15H16N2O4S/c1-2-3-4-12(15(19)20)17-13(18)7-11-9-22-14(16-11)10-5-6-21-8-10/h2,5-6,8-9,12H,1,3-4,7H2,(H,17,18)(H,19,20). The van der Waals surface area contributed by atoms with Crippen molar-refractivity contribution in [3.63, 3.8) is 0 Å². The van der Waals surface area contributed by atoms with E-state index in [2.05, 4.69) is 16.9 Å². The zero-order chi connectivity index (χ0) is 15.9. The van der Waals surface area contributed by atoms with Gasteiger partial charge in [-0.25, -0.2) is 9.78 Å². The molecule has 0 aliphatic carbocycles. The van der Waals surface area contributed by atoms with Crippen LogP contribution in [0.5, 0.6) is 0 Å². The molecule has 0 aliphatic heterocycles. The molecule has 7 heteroatoms. The first-order valence-electron chi connectivity index (χ1n) is 6.70. The van der Waals surface area contributed by atoms with E-state index in [4.69, 9.17) is 9.52 Å². The summed E-state index contributed by atoms with van der Waals surface area (Å²) in [4.78, 5) is 27.4. The van der Waals surface area contributed by atoms with Crippen molar-refractivity contribution in [1.29, 1.82) is 0 Å². The number of carbonyl (C=O) groups excluding carboxylic acids is 1. The number of allylic oxidation sites excluding steroid dienone is 1. The van der Waals surface area contributed by atoms with Gasteiger partial charge in [0.2, 0.25) is 5.91 Å². The Morgan fingerprint density at radius 1 is 1.55 bits per heavy atom. The number of rotatable bonds is 8. The van der Waals surface area contributed by atoms with Gasteiger partial charge in [-0.05, 0) is 18.9 Å². The third-order valence-electron chi connectivity index (χ3n) is 2.95. The molecule has 2 rings (SSSR count). The summed E-state index contributed by atoms with van der Waals surface area (Å²) in [6.07, 6.45) is 5.66. The second kappa shape index (κ2) is 7.56. The number of furan rings is 1. The van der Waals surface area contributed by atoms with Gasteiger partial charge in [-0.3, -0.25) is 4.79 Å². The lowest BCUT2D eigenvalue weighted by molar-refractivity contribution is -0.141. The molecule has 116 valence electrons. The summed E-state index contributed by atoms with van der Waals surface area (Å²) in [5.74, 6) is -1.41. The second-order valence-electron chi connectivity index (χ2n) is 4.66. The molecule has 2 N–H and O–H groups in total. The molecule has 2 heterocycles. The summed E-state index contributed by atoms with van der Waals surface area (Å²) < 4.78 is 4.99. The molecular formula is C15H16N2O4S. The van der Waals surface area contributed by atoms with Gasteiger partial charge in [0.25, 0.3) is 0 Å². The lowest BCUT2D eigenvalue weighted by Crippen LogP contribution is -2.41. The first kappa shape index (κ1) is 16.0. The van der Waals surface area contributed by atoms with Gasteiger partial charge in [0.1, 0.15) is 17.3 Å². The predicted octanol–water partition coefficient (Wildman–Crippen LogP) is 2.48. The van der Waals surface area contributed by atoms with Crippen LogP contribution in [0.15, 0.2) is 41.0 Å². The number of carbonyl (C=O) groups is 2. The third-order valence-corrected chi connectivity index (χ3v) is 3.89. The number of hydrogen-bond donors (Lipinski definition) is 2. The van der Waals surface area contributed by atoms with Crippen molar-refractivity contribution in [2.75, 3.05) is 0 Å². The molecule has 1 amide bonds. The van der Waals surface area contributed by atoms with Crippen LogP contribution >= 0.6 is 11.3 Å². The van der Waals surface area contributed by atoms with E-state index < -0.39 is 12.0 Å². The zero-order valence-corrected chi connectivity index (χ0v) is 12.6. The maximum atomic E-state index is 11.9. The second-order valence-corrected chi connectivity index (χ2v) is 5.52. The summed E-state index contributed by atoms with van der Waals surface area (Å²) in [5, 5.41) is 14.1. The Morgan fingerprint density at radius 3 is 3.00 bits per heavy atom. The highest BCUT2D eigenvalue weighted by Crippen LogP contribution is 2.24. The van der Waals surface area contributed by atoms with Gasteiger partial charge in [0.05, 0.1) is 18.4 Å². The van der Waals surface area contributed by atoms with Gasteiger partial charge in [-0.2, -0.15) is 0 Å². The molecule has 1 unspecified atom stereocenters. The zero-order valence-electron chi connectivity index (χ0n) is 11.8. The van der Waals surface area contributed by atoms with Crippen LogP contribution in [-0.4, -0.2) is 28.0 Å². The fourth-order valence-electron chi connectivity index (χ4n) is 1.86. The highest BCUT2D eigenvalue weighted by Gasteiger charge is 2.19. The fourth-order valence-corrected chi connectivity index (χ4v) is 2.66. The van der Waals surface area contributed by atoms with E-state index in [1.165, 1.54) is 11.3 Å². The number of hydrogen-bond acceptors (Lipinski definition) is 5. The van der Waals surface area contributed by atoms with E-state index in [0.29, 0.717) is 18.5 Å². The van der Waals surface area contributed by atoms with Crippen LogP contribution in [0.4, 0.5) is 0 Å². The topological polar surface area (TPSA) is 92.4 Å². The van der Waals surface area contributed by atoms with Crippen LogP contribution in [0, 0.1) is 0 Å². The molecule has 0 aromatic carbocycles. The number of carboxylic acid groups (broad SMARTS) is 1. The number of nitrogens with one attached hydrogen (secondary N) is 1. The number of aromatic nitrogens is 1. The summed E-state index contributed by atoms with van der Waals surface area (Å²) in [7, 11) is 0. The molecule has 2 aromatic rings. The highest BCUT2D eigenvalue weighted by molar-refractivity contribution is 7.13. The largest absolute Gasteiger partial charge is 0.480 e. The number of amides is 1. The molecule has 22 heavy (non-hydrogen) atoms. The molecule has 0 radical (unpaired) electrons. The van der Waals surface area contributed by atoms with E-state index in [1.807, 2.05) is 0 Å². The molecule has 2 aromatic heterocycles. The van der Waals surface area contributed by atoms with E-state index in [9.17, 15) is 9.59 Å². The summed E-state index contributed by atoms with van der Waals surface area (Å²) in [6, 6.07) is 0.885. The van der Waals surface area contributed by atoms with E-state index in [-0.39, 0.29) is 12.3 Å². The lowest BCUT2D eigenvalue weighted by atomic mass is 10.1. The summed E-state index contributed by atoms with van der Waals surface area (Å²) in [5.41, 5.74) is 1.46. The van der Waals surface area contributed by atoms with Crippen molar-refractivity contribution in [3.8, 4) is 10.6 Å². The molecule has 0 spiro atoms. The van der Waals surface area contributed by atoms with Crippen molar-refractivity contribution < 1.29 is 19.1 Å². The van der Waals surface area contributed by atoms with Gasteiger partial charge in [-0.1, -0.05) is 6.08 Å². The van der Waals surface area contributed by atoms with E-state index in [0.717, 1.165) is 10.6 Å². The number of thiazole rings is 1. The molecule has 0 bridgehead atoms. The molecule has 0 aliphatic rings. The van der Waals surface area contributed by atoms with Gasteiger partial charge in [0.15, 0.2) is 0 Å². The molecular weight excluding hydrogens is 304 g/mol. The quantitative estimate of drug-likeness (QED) is 0.729. The van der Waals surface area contributed by atoms with Crippen LogP contribution in [0.1, 0.15) is 18.5 Å². The van der Waals surface area contributed by atoms with Crippen LogP contribution in [0.25, 0.3) is 10.6 Å². The number of nitrogens with zero attached hydrogens (tertiary/aromatic N) is 1. The number of aliphatic carboxylic acids is 1. The molecule has 0 saturated carbocycles. The Labute approximate surface area is 131 Å². The van der Waals surface area contributed by atoms with Crippen molar-refractivity contribution in [3.05, 3.63) is 42.3 Å². The van der Waals surface area contributed by atoms with Crippen molar-refractivity contribution in [1.82, 2.24) is 10.3 Å². The summed E-state index contributed by atoms with van der Waals surface area (Å²) in [6.45, 7) is 3.54. The Bertz CT molecular complexity index is 648. The van der Waals surface area contributed by atoms with Crippen molar-refractivity contribution in [2.24, 2.45) is 0 Å². The highest BCUT2D eigenvalue weighted by atomic mass is 32.1. The number of carboxylic acids is 1. The first-order chi connectivity index (χ1) is 10.6. The fraction of sp³-hybridized carbons (Fsp3) is 0.267. The third kappa shape index (κ3) is 4.29. The maximum absolute atomic E-state index is 11.9. The van der Waals surface area contributed by atoms with Gasteiger partial charge in [0, 0.05) is 10.9 Å². The van der Waals surface area contributed by atoms with Gasteiger partial charge in [-0.15, -0.1) is 17.9 Å². The average Bonchev–Trinajstić information content (AvgIpc) is 3.13. The molecule has 0 saturated heterocycles. The van der Waals surface area contributed by atoms with Crippen LogP contribution < -0.4 is 5.32 Å². The predicted molar refractivity (Wildman–Crippen MR) is 82.5 cm³/mol. The minimum atomic E-state index is -1.05. The lowest BCUT2D eigenvalue weighted by Gasteiger charge is -2.12. The Kier molecular flexibility index (Phi) is 5.48. The maximum Gasteiger partial charge on any atom is 0.326 e. The Balaban J connectivity index is 1.93. The Morgan fingerprint density at radius 2 is 2.36 bits per heavy atom. The molecule has 6 nitrogen and oxygen atoms in total. The minimum Gasteiger partial charge on any atom is -0.480 e. The van der Waals surface area contributed by atoms with Gasteiger partial charge < -0.3 is 14.8 Å². The molecule has 0 fully saturated rings. The Hall–Kier alpha value is -2.41. The summed E-state index contributed by atoms with van der Waals surface area (Å²) >= 11 is 1.41. The van der Waals surface area contributed by atoms with Crippen LogP contribution in [-0.2, 0) is 16.0 Å². The molecule has 1 atom stereocenters. The van der Waals surface area contributed by atoms with Crippen LogP contribution in [0.3, 0.4) is 0 Å². The van der Waals surface area contributed by atoms with Crippen molar-refractivity contribution in [2.45, 2.75) is 25.3 Å².